The number of benzene rings is 1. The van der Waals surface area contributed by atoms with Gasteiger partial charge in [0, 0.05) is 11.4 Å². The number of carbonyl (C=O) groups is 1. The van der Waals surface area contributed by atoms with Crippen molar-refractivity contribution in [3.05, 3.63) is 29.3 Å². The molecule has 5 heteroatoms. The summed E-state index contributed by atoms with van der Waals surface area (Å²) in [6.07, 6.45) is 0. The van der Waals surface area contributed by atoms with Crippen molar-refractivity contribution in [2.75, 3.05) is 20.3 Å². The highest BCUT2D eigenvalue weighted by molar-refractivity contribution is 6.17. The lowest BCUT2D eigenvalue weighted by Gasteiger charge is -2.04. The van der Waals surface area contributed by atoms with Gasteiger partial charge in [-0.2, -0.15) is 0 Å². The summed E-state index contributed by atoms with van der Waals surface area (Å²) in [6.45, 7) is 1.27. The van der Waals surface area contributed by atoms with Gasteiger partial charge in [0.05, 0.1) is 20.3 Å². The number of methoxy groups -OCH3 is 1. The summed E-state index contributed by atoms with van der Waals surface area (Å²) in [5.74, 6) is 1.07. The number of hydrogen-bond acceptors (Lipinski definition) is 4. The summed E-state index contributed by atoms with van der Waals surface area (Å²) in [7, 11) is 1.57. The molecule has 1 aromatic rings. The zero-order chi connectivity index (χ0) is 13.3. The van der Waals surface area contributed by atoms with Crippen LogP contribution in [0.5, 0.6) is 5.75 Å². The fourth-order valence-electron chi connectivity index (χ4n) is 1.06. The molecular formula is C12H17ClO4. The number of aliphatic hydroxyl groups is 2. The van der Waals surface area contributed by atoms with Gasteiger partial charge in [0.25, 0.3) is 0 Å². The topological polar surface area (TPSA) is 66.8 Å². The fraction of sp³-hybridized carbons (Fsp3) is 0.417. The van der Waals surface area contributed by atoms with Crippen molar-refractivity contribution in [3.63, 3.8) is 0 Å². The Balaban J connectivity index is 0.000000557. The molecule has 0 fully saturated rings. The Hall–Kier alpha value is -1.10. The molecule has 0 amide bonds. The third kappa shape index (κ3) is 6.26. The van der Waals surface area contributed by atoms with Gasteiger partial charge in [-0.1, -0.05) is 0 Å². The highest BCUT2D eigenvalue weighted by atomic mass is 35.5. The molecule has 0 atom stereocenters. The zero-order valence-electron chi connectivity index (χ0n) is 9.94. The average Bonchev–Trinajstić information content (AvgIpc) is 2.38. The van der Waals surface area contributed by atoms with Gasteiger partial charge >= 0.3 is 0 Å². The van der Waals surface area contributed by atoms with Crippen LogP contribution in [0.2, 0.25) is 0 Å². The van der Waals surface area contributed by atoms with Gasteiger partial charge in [0.2, 0.25) is 0 Å². The lowest BCUT2D eigenvalue weighted by atomic mass is 10.1. The average molecular weight is 261 g/mol. The van der Waals surface area contributed by atoms with E-state index in [1.165, 1.54) is 6.92 Å². The molecule has 4 nitrogen and oxygen atoms in total. The second kappa shape index (κ2) is 8.98. The quantitative estimate of drug-likeness (QED) is 0.638. The minimum absolute atomic E-state index is 0.0188. The van der Waals surface area contributed by atoms with Crippen molar-refractivity contribution >= 4 is 17.4 Å². The molecule has 0 spiro atoms. The SMILES string of the molecule is COc1cc(CCl)cc(C(C)=O)c1.OCCO. The molecule has 96 valence electrons. The molecule has 0 bridgehead atoms. The predicted molar refractivity (Wildman–Crippen MR) is 66.7 cm³/mol. The van der Waals surface area contributed by atoms with Crippen molar-refractivity contribution in [1.82, 2.24) is 0 Å². The van der Waals surface area contributed by atoms with E-state index in [-0.39, 0.29) is 19.0 Å². The summed E-state index contributed by atoms with van der Waals surface area (Å²) in [5, 5.41) is 15.2. The Morgan fingerprint density at radius 2 is 1.88 bits per heavy atom. The monoisotopic (exact) mass is 260 g/mol. The van der Waals surface area contributed by atoms with E-state index >= 15 is 0 Å². The maximum atomic E-state index is 11.1. The lowest BCUT2D eigenvalue weighted by molar-refractivity contribution is 0.101. The van der Waals surface area contributed by atoms with Crippen molar-refractivity contribution in [2.45, 2.75) is 12.8 Å². The summed E-state index contributed by atoms with van der Waals surface area (Å²) in [5.41, 5.74) is 1.53. The largest absolute Gasteiger partial charge is 0.497 e. The Labute approximate surface area is 106 Å². The highest BCUT2D eigenvalue weighted by Gasteiger charge is 2.03. The second-order valence-electron chi connectivity index (χ2n) is 3.21. The second-order valence-corrected chi connectivity index (χ2v) is 3.47. The zero-order valence-corrected chi connectivity index (χ0v) is 10.7. The third-order valence-corrected chi connectivity index (χ3v) is 2.17. The molecule has 0 aliphatic carbocycles. The number of carbonyl (C=O) groups excluding carboxylic acids is 1. The number of rotatable bonds is 4. The van der Waals surface area contributed by atoms with Gasteiger partial charge < -0.3 is 14.9 Å². The molecule has 2 N–H and O–H groups in total. The maximum absolute atomic E-state index is 11.1. The van der Waals surface area contributed by atoms with Crippen molar-refractivity contribution in [1.29, 1.82) is 0 Å². The van der Waals surface area contributed by atoms with E-state index in [0.29, 0.717) is 17.2 Å². The van der Waals surface area contributed by atoms with Crippen LogP contribution in [0.25, 0.3) is 0 Å². The van der Waals surface area contributed by atoms with E-state index in [1.54, 1.807) is 19.2 Å². The number of hydrogen-bond donors (Lipinski definition) is 2. The van der Waals surface area contributed by atoms with Crippen LogP contribution in [0, 0.1) is 0 Å². The van der Waals surface area contributed by atoms with E-state index in [9.17, 15) is 4.79 Å². The maximum Gasteiger partial charge on any atom is 0.159 e. The van der Waals surface area contributed by atoms with Crippen LogP contribution in [0.1, 0.15) is 22.8 Å². The molecule has 1 rings (SSSR count). The molecule has 17 heavy (non-hydrogen) atoms. The molecule has 0 unspecified atom stereocenters. The molecule has 0 aliphatic rings. The molecule has 0 aliphatic heterocycles. The van der Waals surface area contributed by atoms with Gasteiger partial charge in [-0.3, -0.25) is 4.79 Å². The van der Waals surface area contributed by atoms with Gasteiger partial charge in [-0.25, -0.2) is 0 Å². The normalized spacial score (nSPS) is 9.24. The number of ketones is 1. The standard InChI is InChI=1S/C10H11ClO2.C2H6O2/c1-7(12)9-3-8(6-11)4-10(5-9)13-2;3-1-2-4/h3-5H,6H2,1-2H3;3-4H,1-2H2. The van der Waals surface area contributed by atoms with Crippen molar-refractivity contribution in [3.8, 4) is 5.75 Å². The van der Waals surface area contributed by atoms with Crippen LogP contribution in [0.3, 0.4) is 0 Å². The van der Waals surface area contributed by atoms with Gasteiger partial charge in [-0.05, 0) is 30.7 Å². The van der Waals surface area contributed by atoms with E-state index in [4.69, 9.17) is 26.6 Å². The van der Waals surface area contributed by atoms with Crippen LogP contribution in [0.4, 0.5) is 0 Å². The molecule has 0 saturated carbocycles. The molecule has 0 saturated heterocycles. The minimum atomic E-state index is -0.125. The van der Waals surface area contributed by atoms with Crippen LogP contribution >= 0.6 is 11.6 Å². The van der Waals surface area contributed by atoms with E-state index in [2.05, 4.69) is 0 Å². The number of ether oxygens (including phenoxy) is 1. The van der Waals surface area contributed by atoms with E-state index in [0.717, 1.165) is 5.56 Å². The number of Topliss-reactive ketones (excluding diaryl/α,β-unsaturated/α-hetero) is 1. The Bertz CT molecular complexity index is 328. The van der Waals surface area contributed by atoms with Gasteiger partial charge in [0.1, 0.15) is 5.75 Å². The van der Waals surface area contributed by atoms with Crippen molar-refractivity contribution in [2.24, 2.45) is 0 Å². The number of alkyl halides is 1. The van der Waals surface area contributed by atoms with Crippen LogP contribution in [0.15, 0.2) is 18.2 Å². The fourth-order valence-corrected chi connectivity index (χ4v) is 1.21. The lowest BCUT2D eigenvalue weighted by Crippen LogP contribution is -1.95. The molecule has 0 aromatic heterocycles. The van der Waals surface area contributed by atoms with Gasteiger partial charge in [0.15, 0.2) is 5.78 Å². The molecule has 0 radical (unpaired) electrons. The first-order valence-corrected chi connectivity index (χ1v) is 5.59. The molecular weight excluding hydrogens is 244 g/mol. The van der Waals surface area contributed by atoms with Gasteiger partial charge in [-0.15, -0.1) is 11.6 Å². The van der Waals surface area contributed by atoms with Crippen LogP contribution < -0.4 is 4.74 Å². The first kappa shape index (κ1) is 15.9. The molecule has 0 heterocycles. The number of aliphatic hydroxyl groups excluding tert-OH is 2. The summed E-state index contributed by atoms with van der Waals surface area (Å²) < 4.78 is 5.04. The van der Waals surface area contributed by atoms with E-state index < -0.39 is 0 Å². The van der Waals surface area contributed by atoms with E-state index in [1.807, 2.05) is 6.07 Å². The third-order valence-electron chi connectivity index (χ3n) is 1.86. The molecule has 1 aromatic carbocycles. The Morgan fingerprint density at radius 3 is 2.24 bits per heavy atom. The highest BCUT2D eigenvalue weighted by Crippen LogP contribution is 2.18. The van der Waals surface area contributed by atoms with Crippen molar-refractivity contribution < 1.29 is 19.7 Å². The summed E-state index contributed by atoms with van der Waals surface area (Å²) in [4.78, 5) is 11.1. The smallest absolute Gasteiger partial charge is 0.159 e. The summed E-state index contributed by atoms with van der Waals surface area (Å²) in [6, 6.07) is 5.30. The Morgan fingerprint density at radius 1 is 1.29 bits per heavy atom. The number of halogens is 1. The summed E-state index contributed by atoms with van der Waals surface area (Å²) >= 11 is 5.67. The Kier molecular flexibility index (Phi) is 8.40. The first-order chi connectivity index (χ1) is 8.08. The first-order valence-electron chi connectivity index (χ1n) is 5.05. The van der Waals surface area contributed by atoms with Crippen LogP contribution in [-0.4, -0.2) is 36.3 Å². The predicted octanol–water partition coefficient (Wildman–Crippen LogP) is 1.61. The minimum Gasteiger partial charge on any atom is -0.497 e. The van der Waals surface area contributed by atoms with Crippen LogP contribution in [-0.2, 0) is 5.88 Å².